The van der Waals surface area contributed by atoms with Crippen molar-refractivity contribution in [2.75, 3.05) is 5.32 Å². The van der Waals surface area contributed by atoms with Gasteiger partial charge in [0.1, 0.15) is 0 Å². The molecule has 106 valence electrons. The average Bonchev–Trinajstić information content (AvgIpc) is 2.57. The molecule has 0 bridgehead atoms. The van der Waals surface area contributed by atoms with Crippen molar-refractivity contribution >= 4 is 28.2 Å². The van der Waals surface area contributed by atoms with Crippen LogP contribution in [0.3, 0.4) is 0 Å². The maximum absolute atomic E-state index is 12.0. The van der Waals surface area contributed by atoms with E-state index in [0.29, 0.717) is 9.88 Å². The summed E-state index contributed by atoms with van der Waals surface area (Å²) < 4.78 is 0. The summed E-state index contributed by atoms with van der Waals surface area (Å²) in [6, 6.07) is 1.94. The number of carbonyl (C=O) groups is 2. The second-order valence-corrected chi connectivity index (χ2v) is 7.01. The van der Waals surface area contributed by atoms with Crippen molar-refractivity contribution in [2.45, 2.75) is 47.6 Å². The molecule has 0 aliphatic rings. The number of aryl methyl sites for hydroxylation is 1. The third-order valence-electron chi connectivity index (χ3n) is 2.46. The highest BCUT2D eigenvalue weighted by atomic mass is 32.1. The van der Waals surface area contributed by atoms with Gasteiger partial charge in [0.15, 0.2) is 0 Å². The fourth-order valence-corrected chi connectivity index (χ4v) is 2.37. The van der Waals surface area contributed by atoms with Gasteiger partial charge in [-0.1, -0.05) is 20.8 Å². The Kier molecular flexibility index (Phi) is 4.74. The zero-order valence-corrected chi connectivity index (χ0v) is 13.2. The van der Waals surface area contributed by atoms with Crippen LogP contribution in [0.25, 0.3) is 0 Å². The van der Waals surface area contributed by atoms with Crippen LogP contribution in [-0.2, 0) is 4.79 Å². The molecule has 4 nitrogen and oxygen atoms in total. The van der Waals surface area contributed by atoms with Crippen molar-refractivity contribution in [1.29, 1.82) is 0 Å². The van der Waals surface area contributed by atoms with E-state index in [2.05, 4.69) is 10.6 Å². The van der Waals surface area contributed by atoms with E-state index in [1.54, 1.807) is 0 Å². The largest absolute Gasteiger partial charge is 0.349 e. The summed E-state index contributed by atoms with van der Waals surface area (Å²) in [5.41, 5.74) is 0.436. The molecule has 0 fully saturated rings. The Bertz CT molecular complexity index is 484. The lowest BCUT2D eigenvalue weighted by molar-refractivity contribution is -0.123. The molecule has 2 amide bonds. The number of carbonyl (C=O) groups excluding carboxylic acids is 2. The summed E-state index contributed by atoms with van der Waals surface area (Å²) in [4.78, 5) is 24.5. The van der Waals surface area contributed by atoms with Crippen LogP contribution in [0.5, 0.6) is 0 Å². The van der Waals surface area contributed by atoms with Gasteiger partial charge in [-0.15, -0.1) is 11.3 Å². The van der Waals surface area contributed by atoms with E-state index in [-0.39, 0.29) is 17.9 Å². The van der Waals surface area contributed by atoms with Crippen molar-refractivity contribution in [3.8, 4) is 0 Å². The molecule has 0 unspecified atom stereocenters. The highest BCUT2D eigenvalue weighted by molar-refractivity contribution is 7.18. The smallest absolute Gasteiger partial charge is 0.261 e. The molecule has 0 aliphatic carbocycles. The number of hydrogen-bond donors (Lipinski definition) is 2. The molecular weight excluding hydrogens is 260 g/mol. The topological polar surface area (TPSA) is 58.2 Å². The molecule has 2 N–H and O–H groups in total. The predicted octanol–water partition coefficient (Wildman–Crippen LogP) is 3.18. The van der Waals surface area contributed by atoms with E-state index < -0.39 is 5.41 Å². The van der Waals surface area contributed by atoms with Gasteiger partial charge in [0.05, 0.1) is 9.88 Å². The molecule has 0 saturated heterocycles. The van der Waals surface area contributed by atoms with Crippen molar-refractivity contribution in [2.24, 2.45) is 5.41 Å². The van der Waals surface area contributed by atoms with E-state index in [1.165, 1.54) is 11.3 Å². The highest BCUT2D eigenvalue weighted by Gasteiger charge is 2.23. The van der Waals surface area contributed by atoms with Crippen LogP contribution in [0.4, 0.5) is 5.00 Å². The lowest BCUT2D eigenvalue weighted by Crippen LogP contribution is -2.29. The minimum absolute atomic E-state index is 0.0513. The Hall–Kier alpha value is -1.36. The Morgan fingerprint density at radius 2 is 1.84 bits per heavy atom. The molecule has 0 aliphatic heterocycles. The average molecular weight is 282 g/mol. The molecule has 5 heteroatoms. The van der Waals surface area contributed by atoms with Crippen molar-refractivity contribution in [3.05, 3.63) is 16.5 Å². The molecule has 1 heterocycles. The molecule has 0 atom stereocenters. The highest BCUT2D eigenvalue weighted by Crippen LogP contribution is 2.28. The van der Waals surface area contributed by atoms with E-state index in [9.17, 15) is 9.59 Å². The van der Waals surface area contributed by atoms with Gasteiger partial charge in [0.25, 0.3) is 5.91 Å². The minimum Gasteiger partial charge on any atom is -0.349 e. The molecule has 19 heavy (non-hydrogen) atoms. The summed E-state index contributed by atoms with van der Waals surface area (Å²) in [6.45, 7) is 11.3. The van der Waals surface area contributed by atoms with Crippen LogP contribution in [0.15, 0.2) is 6.07 Å². The van der Waals surface area contributed by atoms with Gasteiger partial charge in [-0.25, -0.2) is 0 Å². The number of hydrogen-bond acceptors (Lipinski definition) is 3. The van der Waals surface area contributed by atoms with Crippen molar-refractivity contribution in [3.63, 3.8) is 0 Å². The summed E-state index contributed by atoms with van der Waals surface area (Å²) in [6.07, 6.45) is 0. The quantitative estimate of drug-likeness (QED) is 0.894. The monoisotopic (exact) mass is 282 g/mol. The normalized spacial score (nSPS) is 11.5. The predicted molar refractivity (Wildman–Crippen MR) is 79.7 cm³/mol. The van der Waals surface area contributed by atoms with E-state index >= 15 is 0 Å². The van der Waals surface area contributed by atoms with Crippen LogP contribution < -0.4 is 10.6 Å². The number of thiophene rings is 1. The first-order valence-electron chi connectivity index (χ1n) is 6.34. The van der Waals surface area contributed by atoms with E-state index in [0.717, 1.165) is 5.56 Å². The zero-order chi connectivity index (χ0) is 14.8. The fraction of sp³-hybridized carbons (Fsp3) is 0.571. The fourth-order valence-electron chi connectivity index (χ4n) is 1.40. The Balaban J connectivity index is 2.85. The van der Waals surface area contributed by atoms with Crippen molar-refractivity contribution < 1.29 is 9.59 Å². The lowest BCUT2D eigenvalue weighted by Gasteiger charge is -2.16. The second kappa shape index (κ2) is 5.74. The van der Waals surface area contributed by atoms with Crippen LogP contribution in [0, 0.1) is 12.3 Å². The first kappa shape index (κ1) is 15.7. The maximum atomic E-state index is 12.0. The molecule has 0 spiro atoms. The van der Waals surface area contributed by atoms with Gasteiger partial charge < -0.3 is 10.6 Å². The van der Waals surface area contributed by atoms with Crippen LogP contribution in [-0.4, -0.2) is 17.9 Å². The standard InChI is InChI=1S/C14H22N2O2S/c1-8(2)15-12(17)11-9(3)7-10(19-11)16-13(18)14(4,5)6/h7-8H,1-6H3,(H,15,17)(H,16,18). The Morgan fingerprint density at radius 1 is 1.26 bits per heavy atom. The van der Waals surface area contributed by atoms with Gasteiger partial charge in [0.2, 0.25) is 5.91 Å². The molecular formula is C14H22N2O2S. The third kappa shape index (κ3) is 4.35. The van der Waals surface area contributed by atoms with E-state index in [4.69, 9.17) is 0 Å². The van der Waals surface area contributed by atoms with Gasteiger partial charge in [-0.05, 0) is 32.4 Å². The summed E-state index contributed by atoms with van der Waals surface area (Å²) >= 11 is 1.31. The summed E-state index contributed by atoms with van der Waals surface area (Å²) in [7, 11) is 0. The first-order valence-corrected chi connectivity index (χ1v) is 7.15. The molecule has 1 aromatic rings. The zero-order valence-electron chi connectivity index (χ0n) is 12.4. The Morgan fingerprint density at radius 3 is 2.32 bits per heavy atom. The Labute approximate surface area is 118 Å². The second-order valence-electron chi connectivity index (χ2n) is 5.96. The minimum atomic E-state index is -0.446. The van der Waals surface area contributed by atoms with E-state index in [1.807, 2.05) is 47.6 Å². The number of anilines is 1. The SMILES string of the molecule is Cc1cc(NC(=O)C(C)(C)C)sc1C(=O)NC(C)C. The summed E-state index contributed by atoms with van der Waals surface area (Å²) in [5.74, 6) is -0.140. The van der Waals surface area contributed by atoms with Gasteiger partial charge >= 0.3 is 0 Å². The maximum Gasteiger partial charge on any atom is 0.261 e. The number of amides is 2. The molecule has 0 radical (unpaired) electrons. The van der Waals surface area contributed by atoms with Gasteiger partial charge in [0, 0.05) is 11.5 Å². The number of nitrogens with one attached hydrogen (secondary N) is 2. The number of rotatable bonds is 3. The third-order valence-corrected chi connectivity index (χ3v) is 3.61. The van der Waals surface area contributed by atoms with Crippen LogP contribution >= 0.6 is 11.3 Å². The first-order chi connectivity index (χ1) is 8.61. The molecule has 1 rings (SSSR count). The summed E-state index contributed by atoms with van der Waals surface area (Å²) in [5, 5.41) is 6.42. The van der Waals surface area contributed by atoms with Gasteiger partial charge in [-0.3, -0.25) is 9.59 Å². The molecule has 1 aromatic heterocycles. The lowest BCUT2D eigenvalue weighted by atomic mass is 9.96. The molecule has 0 aromatic carbocycles. The van der Waals surface area contributed by atoms with Crippen LogP contribution in [0.2, 0.25) is 0 Å². The molecule has 0 saturated carbocycles. The van der Waals surface area contributed by atoms with Gasteiger partial charge in [-0.2, -0.15) is 0 Å². The van der Waals surface area contributed by atoms with Crippen molar-refractivity contribution in [1.82, 2.24) is 5.32 Å². The van der Waals surface area contributed by atoms with Crippen LogP contribution in [0.1, 0.15) is 49.9 Å².